The van der Waals surface area contributed by atoms with Crippen molar-refractivity contribution in [3.05, 3.63) is 12.7 Å². The summed E-state index contributed by atoms with van der Waals surface area (Å²) in [6.07, 6.45) is 4.73. The van der Waals surface area contributed by atoms with Crippen molar-refractivity contribution in [2.75, 3.05) is 6.61 Å². The van der Waals surface area contributed by atoms with Crippen molar-refractivity contribution < 1.29 is 9.53 Å². The molecular formula is C10H17NO2. The van der Waals surface area contributed by atoms with Crippen LogP contribution in [0.1, 0.15) is 26.2 Å². The first-order valence-electron chi connectivity index (χ1n) is 4.81. The first-order chi connectivity index (χ1) is 6.27. The molecule has 1 heterocycles. The van der Waals surface area contributed by atoms with Crippen LogP contribution in [0, 0.1) is 0 Å². The Hall–Kier alpha value is -0.830. The SMILES string of the molecule is C=CCC1CC[C@@H](C(=O)OCC)N1. The maximum Gasteiger partial charge on any atom is 0.323 e. The Morgan fingerprint density at radius 2 is 2.46 bits per heavy atom. The van der Waals surface area contributed by atoms with Crippen LogP contribution in [0.5, 0.6) is 0 Å². The van der Waals surface area contributed by atoms with Gasteiger partial charge in [0.05, 0.1) is 6.61 Å². The Kier molecular flexibility index (Phi) is 3.96. The first-order valence-corrected chi connectivity index (χ1v) is 4.81. The lowest BCUT2D eigenvalue weighted by Crippen LogP contribution is -2.36. The fourth-order valence-electron chi connectivity index (χ4n) is 1.63. The summed E-state index contributed by atoms with van der Waals surface area (Å²) in [5.74, 6) is -0.117. The lowest BCUT2D eigenvalue weighted by atomic mass is 10.1. The Bertz CT molecular complexity index is 191. The molecule has 0 aromatic carbocycles. The van der Waals surface area contributed by atoms with E-state index in [0.717, 1.165) is 19.3 Å². The van der Waals surface area contributed by atoms with Crippen LogP contribution in [-0.2, 0) is 9.53 Å². The smallest absolute Gasteiger partial charge is 0.323 e. The summed E-state index contributed by atoms with van der Waals surface area (Å²) in [6.45, 7) is 5.96. The molecular weight excluding hydrogens is 166 g/mol. The highest BCUT2D eigenvalue weighted by Gasteiger charge is 2.28. The summed E-state index contributed by atoms with van der Waals surface area (Å²) in [4.78, 5) is 11.3. The Morgan fingerprint density at radius 3 is 3.08 bits per heavy atom. The van der Waals surface area contributed by atoms with Crippen LogP contribution in [0.15, 0.2) is 12.7 Å². The summed E-state index contributed by atoms with van der Waals surface area (Å²) in [7, 11) is 0. The number of ether oxygens (including phenoxy) is 1. The first kappa shape index (κ1) is 10.3. The average Bonchev–Trinajstić information content (AvgIpc) is 2.54. The van der Waals surface area contributed by atoms with Crippen molar-refractivity contribution in [3.8, 4) is 0 Å². The van der Waals surface area contributed by atoms with Gasteiger partial charge in [0, 0.05) is 6.04 Å². The van der Waals surface area contributed by atoms with Crippen LogP contribution in [0.4, 0.5) is 0 Å². The molecule has 0 saturated carbocycles. The van der Waals surface area contributed by atoms with E-state index < -0.39 is 0 Å². The van der Waals surface area contributed by atoms with E-state index in [-0.39, 0.29) is 12.0 Å². The predicted octanol–water partition coefficient (Wildman–Crippen LogP) is 1.25. The van der Waals surface area contributed by atoms with E-state index in [9.17, 15) is 4.79 Å². The van der Waals surface area contributed by atoms with Crippen LogP contribution in [-0.4, -0.2) is 24.7 Å². The van der Waals surface area contributed by atoms with Gasteiger partial charge in [0.2, 0.25) is 0 Å². The van der Waals surface area contributed by atoms with Gasteiger partial charge < -0.3 is 10.1 Å². The van der Waals surface area contributed by atoms with Crippen LogP contribution in [0.3, 0.4) is 0 Å². The predicted molar refractivity (Wildman–Crippen MR) is 51.4 cm³/mol. The molecule has 3 heteroatoms. The van der Waals surface area contributed by atoms with E-state index in [1.54, 1.807) is 0 Å². The van der Waals surface area contributed by atoms with E-state index in [4.69, 9.17) is 4.74 Å². The number of carbonyl (C=O) groups is 1. The van der Waals surface area contributed by atoms with Crippen molar-refractivity contribution in [2.45, 2.75) is 38.3 Å². The molecule has 0 bridgehead atoms. The summed E-state index contributed by atoms with van der Waals surface area (Å²) < 4.78 is 4.92. The summed E-state index contributed by atoms with van der Waals surface area (Å²) in [5.41, 5.74) is 0. The number of hydrogen-bond acceptors (Lipinski definition) is 3. The van der Waals surface area contributed by atoms with Crippen LogP contribution in [0.25, 0.3) is 0 Å². The van der Waals surface area contributed by atoms with Crippen molar-refractivity contribution in [3.63, 3.8) is 0 Å². The van der Waals surface area contributed by atoms with E-state index in [2.05, 4.69) is 11.9 Å². The second kappa shape index (κ2) is 5.02. The van der Waals surface area contributed by atoms with Gasteiger partial charge in [0.1, 0.15) is 6.04 Å². The van der Waals surface area contributed by atoms with Gasteiger partial charge >= 0.3 is 5.97 Å². The minimum absolute atomic E-state index is 0.0927. The summed E-state index contributed by atoms with van der Waals surface area (Å²) in [5, 5.41) is 3.23. The highest BCUT2D eigenvalue weighted by Crippen LogP contribution is 2.16. The molecule has 13 heavy (non-hydrogen) atoms. The van der Waals surface area contributed by atoms with Gasteiger partial charge in [-0.3, -0.25) is 4.79 Å². The molecule has 0 aromatic heterocycles. The second-order valence-corrected chi connectivity index (χ2v) is 3.27. The van der Waals surface area contributed by atoms with Gasteiger partial charge in [-0.2, -0.15) is 0 Å². The molecule has 1 fully saturated rings. The molecule has 1 N–H and O–H groups in total. The van der Waals surface area contributed by atoms with Gasteiger partial charge in [-0.1, -0.05) is 6.08 Å². The van der Waals surface area contributed by atoms with Crippen LogP contribution >= 0.6 is 0 Å². The molecule has 1 aliphatic heterocycles. The van der Waals surface area contributed by atoms with Gasteiger partial charge in [-0.15, -0.1) is 6.58 Å². The number of nitrogens with one attached hydrogen (secondary N) is 1. The standard InChI is InChI=1S/C10H17NO2/c1-3-5-8-6-7-9(11-8)10(12)13-4-2/h3,8-9,11H,1,4-7H2,2H3/t8?,9-/m0/s1. The van der Waals surface area contributed by atoms with Crippen LogP contribution in [0.2, 0.25) is 0 Å². The Balaban J connectivity index is 2.31. The lowest BCUT2D eigenvalue weighted by molar-refractivity contribution is -0.145. The summed E-state index contributed by atoms with van der Waals surface area (Å²) in [6, 6.07) is 0.316. The second-order valence-electron chi connectivity index (χ2n) is 3.27. The van der Waals surface area contributed by atoms with Gasteiger partial charge in [-0.05, 0) is 26.2 Å². The van der Waals surface area contributed by atoms with Gasteiger partial charge in [0.25, 0.3) is 0 Å². The third kappa shape index (κ3) is 2.84. The average molecular weight is 183 g/mol. The monoisotopic (exact) mass is 183 g/mol. The molecule has 1 aliphatic rings. The Labute approximate surface area is 79.2 Å². The van der Waals surface area contributed by atoms with Crippen molar-refractivity contribution in [2.24, 2.45) is 0 Å². The van der Waals surface area contributed by atoms with Crippen molar-refractivity contribution >= 4 is 5.97 Å². The van der Waals surface area contributed by atoms with E-state index in [1.807, 2.05) is 13.0 Å². The van der Waals surface area contributed by atoms with Crippen molar-refractivity contribution in [1.82, 2.24) is 5.32 Å². The fraction of sp³-hybridized carbons (Fsp3) is 0.700. The maximum absolute atomic E-state index is 11.3. The van der Waals surface area contributed by atoms with E-state index in [1.165, 1.54) is 0 Å². The fourth-order valence-corrected chi connectivity index (χ4v) is 1.63. The molecule has 0 aliphatic carbocycles. The normalized spacial score (nSPS) is 27.2. The Morgan fingerprint density at radius 1 is 1.69 bits per heavy atom. The topological polar surface area (TPSA) is 38.3 Å². The largest absolute Gasteiger partial charge is 0.465 e. The molecule has 0 radical (unpaired) electrons. The quantitative estimate of drug-likeness (QED) is 0.526. The molecule has 0 spiro atoms. The minimum atomic E-state index is -0.117. The molecule has 0 amide bonds. The van der Waals surface area contributed by atoms with Crippen molar-refractivity contribution in [1.29, 1.82) is 0 Å². The zero-order chi connectivity index (χ0) is 9.68. The highest BCUT2D eigenvalue weighted by atomic mass is 16.5. The molecule has 3 nitrogen and oxygen atoms in total. The zero-order valence-electron chi connectivity index (χ0n) is 8.08. The molecule has 1 saturated heterocycles. The molecule has 1 rings (SSSR count). The number of rotatable bonds is 4. The lowest BCUT2D eigenvalue weighted by Gasteiger charge is -2.11. The molecule has 1 unspecified atom stereocenters. The molecule has 74 valence electrons. The van der Waals surface area contributed by atoms with Gasteiger partial charge in [-0.25, -0.2) is 0 Å². The number of hydrogen-bond donors (Lipinski definition) is 1. The third-order valence-corrected chi connectivity index (χ3v) is 2.26. The summed E-state index contributed by atoms with van der Waals surface area (Å²) >= 11 is 0. The third-order valence-electron chi connectivity index (χ3n) is 2.26. The molecule has 2 atom stereocenters. The minimum Gasteiger partial charge on any atom is -0.465 e. The van der Waals surface area contributed by atoms with E-state index >= 15 is 0 Å². The number of esters is 1. The van der Waals surface area contributed by atoms with Gasteiger partial charge in [0.15, 0.2) is 0 Å². The number of carbonyl (C=O) groups excluding carboxylic acids is 1. The van der Waals surface area contributed by atoms with Crippen LogP contribution < -0.4 is 5.32 Å². The van der Waals surface area contributed by atoms with E-state index in [0.29, 0.717) is 12.6 Å². The highest BCUT2D eigenvalue weighted by molar-refractivity contribution is 5.76. The maximum atomic E-state index is 11.3. The molecule has 0 aromatic rings. The zero-order valence-corrected chi connectivity index (χ0v) is 8.08.